The summed E-state index contributed by atoms with van der Waals surface area (Å²) in [5.41, 5.74) is 2.24. The first-order valence-electron chi connectivity index (χ1n) is 6.46. The molecule has 0 aliphatic heterocycles. The maximum Gasteiger partial charge on any atom is 0.155 e. The summed E-state index contributed by atoms with van der Waals surface area (Å²) in [7, 11) is 0. The van der Waals surface area contributed by atoms with Crippen LogP contribution in [0.3, 0.4) is 0 Å². The van der Waals surface area contributed by atoms with E-state index in [0.717, 1.165) is 16.9 Å². The lowest BCUT2D eigenvalue weighted by Gasteiger charge is -2.07. The molecule has 1 aromatic carbocycles. The van der Waals surface area contributed by atoms with Crippen molar-refractivity contribution in [3.63, 3.8) is 0 Å². The number of carbonyl (C=O) groups excluding carboxylic acids is 1. The van der Waals surface area contributed by atoms with Crippen molar-refractivity contribution in [2.24, 2.45) is 0 Å². The molecular weight excluding hydrogens is 254 g/mol. The Morgan fingerprint density at radius 3 is 2.30 bits per heavy atom. The first-order chi connectivity index (χ1) is 9.75. The number of hydrogen-bond acceptors (Lipinski definition) is 4. The van der Waals surface area contributed by atoms with Crippen LogP contribution in [-0.2, 0) is 9.53 Å². The molecule has 4 nitrogen and oxygen atoms in total. The molecular formula is C16H17NO3. The van der Waals surface area contributed by atoms with Gasteiger partial charge in [-0.25, -0.2) is 0 Å². The second-order valence-electron chi connectivity index (χ2n) is 4.36. The molecule has 0 amide bonds. The van der Waals surface area contributed by atoms with Crippen molar-refractivity contribution >= 4 is 5.78 Å². The van der Waals surface area contributed by atoms with E-state index in [9.17, 15) is 4.79 Å². The van der Waals surface area contributed by atoms with E-state index in [1.807, 2.05) is 36.4 Å². The summed E-state index contributed by atoms with van der Waals surface area (Å²) in [6.45, 7) is 2.48. The Kier molecular flexibility index (Phi) is 5.26. The molecule has 0 radical (unpaired) electrons. The van der Waals surface area contributed by atoms with Crippen LogP contribution in [0.5, 0.6) is 5.75 Å². The van der Waals surface area contributed by atoms with Crippen molar-refractivity contribution in [3.05, 3.63) is 48.8 Å². The molecule has 0 atom stereocenters. The number of Topliss-reactive ketones (excluding diaryl/α,β-unsaturated/α-hetero) is 1. The minimum absolute atomic E-state index is 0.0201. The number of nitrogens with zero attached hydrogens (tertiary/aromatic N) is 1. The van der Waals surface area contributed by atoms with Crippen LogP contribution in [-0.4, -0.2) is 30.6 Å². The molecule has 104 valence electrons. The number of rotatable bonds is 7. The van der Waals surface area contributed by atoms with Crippen LogP contribution in [0.4, 0.5) is 0 Å². The molecule has 4 heteroatoms. The maximum absolute atomic E-state index is 10.7. The van der Waals surface area contributed by atoms with Gasteiger partial charge in [0.2, 0.25) is 0 Å². The van der Waals surface area contributed by atoms with Gasteiger partial charge in [-0.15, -0.1) is 0 Å². The molecule has 0 aliphatic carbocycles. The van der Waals surface area contributed by atoms with Crippen LogP contribution in [0.15, 0.2) is 48.8 Å². The normalized spacial score (nSPS) is 10.2. The van der Waals surface area contributed by atoms with Gasteiger partial charge >= 0.3 is 0 Å². The zero-order valence-corrected chi connectivity index (χ0v) is 11.4. The lowest BCUT2D eigenvalue weighted by atomic mass is 10.1. The molecule has 2 aromatic rings. The first-order valence-corrected chi connectivity index (χ1v) is 6.46. The summed E-state index contributed by atoms with van der Waals surface area (Å²) in [6.07, 6.45) is 3.54. The standard InChI is InChI=1S/C16H17NO3/c1-13(18)12-19-10-11-20-16-4-2-14(3-5-16)15-6-8-17-9-7-15/h2-9H,10-12H2,1H3. The average Bonchev–Trinajstić information content (AvgIpc) is 2.48. The van der Waals surface area contributed by atoms with Crippen molar-refractivity contribution in [1.29, 1.82) is 0 Å². The van der Waals surface area contributed by atoms with E-state index in [0.29, 0.717) is 13.2 Å². The highest BCUT2D eigenvalue weighted by Crippen LogP contribution is 2.21. The number of ether oxygens (including phenoxy) is 2. The Morgan fingerprint density at radius 2 is 1.65 bits per heavy atom. The van der Waals surface area contributed by atoms with Gasteiger partial charge in [0, 0.05) is 12.4 Å². The van der Waals surface area contributed by atoms with Gasteiger partial charge in [0.1, 0.15) is 19.0 Å². The smallest absolute Gasteiger partial charge is 0.155 e. The van der Waals surface area contributed by atoms with E-state index in [4.69, 9.17) is 9.47 Å². The van der Waals surface area contributed by atoms with Gasteiger partial charge in [-0.1, -0.05) is 12.1 Å². The Balaban J connectivity index is 1.82. The number of carbonyl (C=O) groups is 1. The molecule has 0 saturated heterocycles. The highest BCUT2D eigenvalue weighted by atomic mass is 16.5. The van der Waals surface area contributed by atoms with Crippen molar-refractivity contribution < 1.29 is 14.3 Å². The number of pyridine rings is 1. The zero-order chi connectivity index (χ0) is 14.2. The second-order valence-corrected chi connectivity index (χ2v) is 4.36. The molecule has 0 spiro atoms. The van der Waals surface area contributed by atoms with Crippen molar-refractivity contribution in [3.8, 4) is 16.9 Å². The summed E-state index contributed by atoms with van der Waals surface area (Å²) < 4.78 is 10.7. The minimum Gasteiger partial charge on any atom is -0.491 e. The predicted octanol–water partition coefficient (Wildman–Crippen LogP) is 2.73. The van der Waals surface area contributed by atoms with Crippen LogP contribution >= 0.6 is 0 Å². The van der Waals surface area contributed by atoms with Crippen LogP contribution in [0.25, 0.3) is 11.1 Å². The molecule has 0 aliphatic rings. The number of aromatic nitrogens is 1. The summed E-state index contributed by atoms with van der Waals surface area (Å²) in [5.74, 6) is 0.806. The molecule has 1 heterocycles. The van der Waals surface area contributed by atoms with E-state index >= 15 is 0 Å². The van der Waals surface area contributed by atoms with Crippen LogP contribution in [0.1, 0.15) is 6.92 Å². The summed E-state index contributed by atoms with van der Waals surface area (Å²) >= 11 is 0. The summed E-state index contributed by atoms with van der Waals surface area (Å²) in [5, 5.41) is 0. The maximum atomic E-state index is 10.7. The van der Waals surface area contributed by atoms with E-state index < -0.39 is 0 Å². The largest absolute Gasteiger partial charge is 0.491 e. The highest BCUT2D eigenvalue weighted by molar-refractivity contribution is 5.76. The fourth-order valence-electron chi connectivity index (χ4n) is 1.72. The molecule has 2 rings (SSSR count). The Hall–Kier alpha value is -2.20. The topological polar surface area (TPSA) is 48.4 Å². The Bertz CT molecular complexity index is 537. The highest BCUT2D eigenvalue weighted by Gasteiger charge is 1.99. The van der Waals surface area contributed by atoms with Crippen molar-refractivity contribution in [2.45, 2.75) is 6.92 Å². The fourth-order valence-corrected chi connectivity index (χ4v) is 1.72. The first kappa shape index (κ1) is 14.2. The minimum atomic E-state index is 0.0201. The van der Waals surface area contributed by atoms with E-state index in [1.54, 1.807) is 12.4 Å². The monoisotopic (exact) mass is 271 g/mol. The van der Waals surface area contributed by atoms with Gasteiger partial charge in [0.25, 0.3) is 0 Å². The summed E-state index contributed by atoms with van der Waals surface area (Å²) in [4.78, 5) is 14.7. The number of benzene rings is 1. The van der Waals surface area contributed by atoms with Crippen LogP contribution in [0.2, 0.25) is 0 Å². The Labute approximate surface area is 118 Å². The number of ketones is 1. The Morgan fingerprint density at radius 1 is 1.00 bits per heavy atom. The molecule has 0 fully saturated rings. The SMILES string of the molecule is CC(=O)COCCOc1ccc(-c2ccncc2)cc1. The third kappa shape index (κ3) is 4.48. The second kappa shape index (κ2) is 7.40. The van der Waals surface area contributed by atoms with Gasteiger partial charge in [0.05, 0.1) is 6.61 Å². The van der Waals surface area contributed by atoms with Crippen LogP contribution < -0.4 is 4.74 Å². The van der Waals surface area contributed by atoms with Crippen LogP contribution in [0, 0.1) is 0 Å². The molecule has 0 bridgehead atoms. The van der Waals surface area contributed by atoms with Gasteiger partial charge in [-0.3, -0.25) is 9.78 Å². The zero-order valence-electron chi connectivity index (χ0n) is 11.4. The molecule has 0 unspecified atom stereocenters. The molecule has 20 heavy (non-hydrogen) atoms. The summed E-state index contributed by atoms with van der Waals surface area (Å²) in [6, 6.07) is 11.8. The average molecular weight is 271 g/mol. The third-order valence-corrected chi connectivity index (χ3v) is 2.67. The van der Waals surface area contributed by atoms with Gasteiger partial charge in [-0.2, -0.15) is 0 Å². The molecule has 0 saturated carbocycles. The molecule has 1 aromatic heterocycles. The quantitative estimate of drug-likeness (QED) is 0.726. The number of hydrogen-bond donors (Lipinski definition) is 0. The predicted molar refractivity (Wildman–Crippen MR) is 76.7 cm³/mol. The van der Waals surface area contributed by atoms with E-state index in [-0.39, 0.29) is 12.4 Å². The van der Waals surface area contributed by atoms with Gasteiger partial charge < -0.3 is 9.47 Å². The lowest BCUT2D eigenvalue weighted by Crippen LogP contribution is -2.11. The lowest BCUT2D eigenvalue weighted by molar-refractivity contribution is -0.121. The van der Waals surface area contributed by atoms with Gasteiger partial charge in [-0.05, 0) is 42.3 Å². The third-order valence-electron chi connectivity index (χ3n) is 2.67. The van der Waals surface area contributed by atoms with E-state index in [2.05, 4.69) is 4.98 Å². The fraction of sp³-hybridized carbons (Fsp3) is 0.250. The van der Waals surface area contributed by atoms with E-state index in [1.165, 1.54) is 6.92 Å². The molecule has 0 N–H and O–H groups in total. The van der Waals surface area contributed by atoms with Crippen molar-refractivity contribution in [1.82, 2.24) is 4.98 Å². The van der Waals surface area contributed by atoms with Gasteiger partial charge in [0.15, 0.2) is 5.78 Å². The van der Waals surface area contributed by atoms with Crippen molar-refractivity contribution in [2.75, 3.05) is 19.8 Å².